The van der Waals surface area contributed by atoms with E-state index in [9.17, 15) is 21.6 Å². The molecule has 1 aromatic carbocycles. The minimum absolute atomic E-state index is 0.283. The van der Waals surface area contributed by atoms with Crippen LogP contribution in [0.5, 0.6) is 0 Å². The topological polar surface area (TPSA) is 65.0 Å². The second-order valence-corrected chi connectivity index (χ2v) is 8.90. The highest BCUT2D eigenvalue weighted by Crippen LogP contribution is 2.25. The highest BCUT2D eigenvalue weighted by atomic mass is 32.2. The summed E-state index contributed by atoms with van der Waals surface area (Å²) in [6.07, 6.45) is -2.37. The number of piperazine rings is 1. The number of alkyl halides is 3. The van der Waals surface area contributed by atoms with Gasteiger partial charge in [0.25, 0.3) is 0 Å². The molecule has 0 bridgehead atoms. The Kier molecular flexibility index (Phi) is 7.33. The normalized spacial score (nSPS) is 18.2. The molecule has 0 saturated carbocycles. The average Bonchev–Trinajstić information content (AvgIpc) is 2.64. The number of nitrogens with zero attached hydrogens (tertiary/aromatic N) is 3. The van der Waals surface area contributed by atoms with E-state index in [-0.39, 0.29) is 4.90 Å². The Hall–Kier alpha value is -1.81. The summed E-state index contributed by atoms with van der Waals surface area (Å²) in [6, 6.07) is 5.27. The summed E-state index contributed by atoms with van der Waals surface area (Å²) in [4.78, 5) is 7.89. The maximum absolute atomic E-state index is 12.8. The number of hydrogen-bond acceptors (Lipinski definition) is 4. The molecule has 1 N–H and O–H groups in total. The molecule has 158 valence electrons. The van der Waals surface area contributed by atoms with Crippen molar-refractivity contribution in [3.05, 3.63) is 29.8 Å². The van der Waals surface area contributed by atoms with Gasteiger partial charge in [-0.05, 0) is 31.0 Å². The monoisotopic (exact) mass is 420 g/mol. The zero-order valence-electron chi connectivity index (χ0n) is 16.3. The van der Waals surface area contributed by atoms with Crippen LogP contribution in [0.1, 0.15) is 12.5 Å². The first-order valence-corrected chi connectivity index (χ1v) is 11.0. The molecule has 1 aliphatic rings. The Bertz CT molecular complexity index is 771. The number of hydrogen-bond donors (Lipinski definition) is 1. The van der Waals surface area contributed by atoms with Crippen LogP contribution in [0.3, 0.4) is 0 Å². The molecule has 1 aliphatic heterocycles. The van der Waals surface area contributed by atoms with Gasteiger partial charge >= 0.3 is 6.18 Å². The number of benzene rings is 1. The molecule has 28 heavy (non-hydrogen) atoms. The van der Waals surface area contributed by atoms with E-state index in [0.717, 1.165) is 5.56 Å². The fourth-order valence-corrected chi connectivity index (χ4v) is 3.71. The minimum Gasteiger partial charge on any atom is -0.356 e. The zero-order valence-corrected chi connectivity index (χ0v) is 17.1. The highest BCUT2D eigenvalue weighted by molar-refractivity contribution is 7.90. The molecule has 1 saturated heterocycles. The first-order chi connectivity index (χ1) is 13.0. The molecule has 2 rings (SSSR count). The summed E-state index contributed by atoms with van der Waals surface area (Å²) >= 11 is 0. The second-order valence-electron chi connectivity index (χ2n) is 6.88. The number of guanidine groups is 1. The van der Waals surface area contributed by atoms with Crippen LogP contribution in [0, 0.1) is 0 Å². The number of nitrogens with one attached hydrogen (secondary N) is 1. The van der Waals surface area contributed by atoms with Crippen LogP contribution >= 0.6 is 0 Å². The third kappa shape index (κ3) is 6.10. The molecule has 10 heteroatoms. The molecule has 1 unspecified atom stereocenters. The van der Waals surface area contributed by atoms with Crippen molar-refractivity contribution < 1.29 is 21.6 Å². The predicted molar refractivity (Wildman–Crippen MR) is 103 cm³/mol. The third-order valence-electron chi connectivity index (χ3n) is 4.90. The summed E-state index contributed by atoms with van der Waals surface area (Å²) in [5, 5.41) is 3.22. The average molecular weight is 421 g/mol. The minimum atomic E-state index is -4.21. The molecule has 0 aliphatic carbocycles. The van der Waals surface area contributed by atoms with E-state index in [1.807, 2.05) is 4.90 Å². The Balaban J connectivity index is 1.82. The van der Waals surface area contributed by atoms with Crippen LogP contribution in [0.2, 0.25) is 0 Å². The van der Waals surface area contributed by atoms with Crippen molar-refractivity contribution in [2.45, 2.75) is 30.5 Å². The van der Waals surface area contributed by atoms with Crippen molar-refractivity contribution in [3.8, 4) is 0 Å². The quantitative estimate of drug-likeness (QED) is 0.581. The first-order valence-electron chi connectivity index (χ1n) is 9.07. The molecule has 1 aromatic rings. The molecule has 0 radical (unpaired) electrons. The Morgan fingerprint density at radius 1 is 1.18 bits per heavy atom. The third-order valence-corrected chi connectivity index (χ3v) is 6.02. The van der Waals surface area contributed by atoms with Crippen LogP contribution in [0.25, 0.3) is 0 Å². The van der Waals surface area contributed by atoms with Gasteiger partial charge in [0.2, 0.25) is 0 Å². The lowest BCUT2D eigenvalue weighted by molar-refractivity contribution is -0.181. The van der Waals surface area contributed by atoms with Crippen LogP contribution in [0.15, 0.2) is 34.2 Å². The molecule has 1 atom stereocenters. The van der Waals surface area contributed by atoms with Gasteiger partial charge < -0.3 is 10.2 Å². The number of aliphatic imine (C=N–C) groups is 1. The molecule has 1 heterocycles. The van der Waals surface area contributed by atoms with E-state index < -0.39 is 22.1 Å². The standard InChI is InChI=1S/C18H27F3N4O2S/c1-14(18(19,20)21)24-10-12-25(13-11-24)17(22-2)23-9-8-15-4-6-16(7-5-15)28(3,26)27/h4-7,14H,8-13H2,1-3H3,(H,22,23). The van der Waals surface area contributed by atoms with Gasteiger partial charge in [-0.25, -0.2) is 8.42 Å². The Morgan fingerprint density at radius 2 is 1.75 bits per heavy atom. The molecule has 1 fully saturated rings. The van der Waals surface area contributed by atoms with E-state index in [1.54, 1.807) is 31.3 Å². The van der Waals surface area contributed by atoms with E-state index in [2.05, 4.69) is 10.3 Å². The lowest BCUT2D eigenvalue weighted by Gasteiger charge is -2.39. The molecular weight excluding hydrogens is 393 g/mol. The number of rotatable bonds is 5. The van der Waals surface area contributed by atoms with Crippen LogP contribution in [-0.4, -0.2) is 82.4 Å². The largest absolute Gasteiger partial charge is 0.403 e. The lowest BCUT2D eigenvalue weighted by atomic mass is 10.1. The summed E-state index contributed by atoms with van der Waals surface area (Å²) in [5.74, 6) is 0.659. The van der Waals surface area contributed by atoms with Gasteiger partial charge in [-0.1, -0.05) is 12.1 Å². The fourth-order valence-electron chi connectivity index (χ4n) is 3.08. The summed E-state index contributed by atoms with van der Waals surface area (Å²) in [7, 11) is -1.56. The highest BCUT2D eigenvalue weighted by Gasteiger charge is 2.41. The smallest absolute Gasteiger partial charge is 0.356 e. The van der Waals surface area contributed by atoms with Crippen molar-refractivity contribution in [3.63, 3.8) is 0 Å². The molecule has 0 amide bonds. The SMILES string of the molecule is CN=C(NCCc1ccc(S(C)(=O)=O)cc1)N1CCN(C(C)C(F)(F)F)CC1. The van der Waals surface area contributed by atoms with E-state index >= 15 is 0 Å². The van der Waals surface area contributed by atoms with Gasteiger partial charge in [-0.15, -0.1) is 0 Å². The van der Waals surface area contributed by atoms with Crippen LogP contribution in [-0.2, 0) is 16.3 Å². The van der Waals surface area contributed by atoms with Crippen molar-refractivity contribution in [2.24, 2.45) is 4.99 Å². The summed E-state index contributed by atoms with van der Waals surface area (Å²) in [6.45, 7) is 3.39. The fraction of sp³-hybridized carbons (Fsp3) is 0.611. The maximum Gasteiger partial charge on any atom is 0.403 e. The maximum atomic E-state index is 12.8. The molecule has 0 spiro atoms. The molecule has 0 aromatic heterocycles. The Morgan fingerprint density at radius 3 is 2.21 bits per heavy atom. The van der Waals surface area contributed by atoms with Gasteiger partial charge in [0.05, 0.1) is 4.90 Å². The van der Waals surface area contributed by atoms with Gasteiger partial charge in [-0.3, -0.25) is 9.89 Å². The first kappa shape index (κ1) is 22.5. The van der Waals surface area contributed by atoms with Crippen molar-refractivity contribution in [1.29, 1.82) is 0 Å². The van der Waals surface area contributed by atoms with Gasteiger partial charge in [0, 0.05) is 46.0 Å². The number of halogens is 3. The lowest BCUT2D eigenvalue weighted by Crippen LogP contribution is -2.56. The van der Waals surface area contributed by atoms with Gasteiger partial charge in [-0.2, -0.15) is 13.2 Å². The molecule has 6 nitrogen and oxygen atoms in total. The van der Waals surface area contributed by atoms with E-state index in [4.69, 9.17) is 0 Å². The van der Waals surface area contributed by atoms with Crippen molar-refractivity contribution in [2.75, 3.05) is 46.0 Å². The van der Waals surface area contributed by atoms with Crippen LogP contribution in [0.4, 0.5) is 13.2 Å². The second kappa shape index (κ2) is 9.13. The van der Waals surface area contributed by atoms with E-state index in [1.165, 1.54) is 18.1 Å². The summed E-state index contributed by atoms with van der Waals surface area (Å²) < 4.78 is 61.5. The van der Waals surface area contributed by atoms with Gasteiger partial charge in [0.1, 0.15) is 6.04 Å². The van der Waals surface area contributed by atoms with Crippen molar-refractivity contribution >= 4 is 15.8 Å². The van der Waals surface area contributed by atoms with E-state index in [0.29, 0.717) is 45.1 Å². The molecular formula is C18H27F3N4O2S. The Labute approximate surface area is 164 Å². The number of sulfone groups is 1. The predicted octanol–water partition coefficient (Wildman–Crippen LogP) is 1.78. The summed E-state index contributed by atoms with van der Waals surface area (Å²) in [5.41, 5.74) is 0.985. The van der Waals surface area contributed by atoms with Gasteiger partial charge in [0.15, 0.2) is 15.8 Å². The zero-order chi connectivity index (χ0) is 20.9. The van der Waals surface area contributed by atoms with Crippen molar-refractivity contribution in [1.82, 2.24) is 15.1 Å². The van der Waals surface area contributed by atoms with Crippen LogP contribution < -0.4 is 5.32 Å².